The first-order valence-corrected chi connectivity index (χ1v) is 4.34. The predicted octanol–water partition coefficient (Wildman–Crippen LogP) is 1.07. The second-order valence-corrected chi connectivity index (χ2v) is 3.25. The van der Waals surface area contributed by atoms with Crippen LogP contribution in [0.3, 0.4) is 0 Å². The number of carbonyl (C=O) groups excluding carboxylic acids is 1. The second kappa shape index (κ2) is 3.53. The molecule has 0 radical (unpaired) electrons. The molecule has 2 N–H and O–H groups in total. The van der Waals surface area contributed by atoms with E-state index in [1.54, 1.807) is 0 Å². The average Bonchev–Trinajstić information content (AvgIpc) is 2.45. The maximum absolute atomic E-state index is 11.0. The molecule has 0 spiro atoms. The van der Waals surface area contributed by atoms with Gasteiger partial charge in [0.1, 0.15) is 5.82 Å². The van der Waals surface area contributed by atoms with Crippen LogP contribution in [0.4, 0.5) is 5.82 Å². The molecular formula is C7H10N2O2S. The molecule has 0 unspecified atom stereocenters. The summed E-state index contributed by atoms with van der Waals surface area (Å²) in [6, 6.07) is 0. The Morgan fingerprint density at radius 1 is 1.75 bits per heavy atom. The van der Waals surface area contributed by atoms with E-state index in [2.05, 4.69) is 9.72 Å². The fourth-order valence-electron chi connectivity index (χ4n) is 0.768. The van der Waals surface area contributed by atoms with Crippen LogP contribution in [0.5, 0.6) is 0 Å². The number of esters is 1. The third-order valence-corrected chi connectivity index (χ3v) is 2.57. The van der Waals surface area contributed by atoms with Crippen molar-refractivity contribution in [2.45, 2.75) is 13.3 Å². The third kappa shape index (κ3) is 1.55. The van der Waals surface area contributed by atoms with Crippen molar-refractivity contribution in [1.82, 2.24) is 4.98 Å². The number of hydrogen-bond acceptors (Lipinski definition) is 5. The highest BCUT2D eigenvalue weighted by molar-refractivity contribution is 7.14. The molecule has 0 aliphatic heterocycles. The first kappa shape index (κ1) is 8.99. The van der Waals surface area contributed by atoms with Gasteiger partial charge < -0.3 is 10.5 Å². The van der Waals surface area contributed by atoms with E-state index in [4.69, 9.17) is 5.73 Å². The summed E-state index contributed by atoms with van der Waals surface area (Å²) in [6.45, 7) is 1.96. The lowest BCUT2D eigenvalue weighted by molar-refractivity contribution is 0.0607. The quantitative estimate of drug-likeness (QED) is 0.702. The number of methoxy groups -OCH3 is 1. The standard InChI is InChI=1S/C7H10N2O2S/c1-3-4-9-6(8)5(12-4)7(10)11-2/h3,8H2,1-2H3. The Labute approximate surface area is 74.4 Å². The van der Waals surface area contributed by atoms with Gasteiger partial charge in [-0.15, -0.1) is 11.3 Å². The Hall–Kier alpha value is -1.10. The van der Waals surface area contributed by atoms with Gasteiger partial charge in [0.2, 0.25) is 0 Å². The van der Waals surface area contributed by atoms with Gasteiger partial charge in [-0.1, -0.05) is 6.92 Å². The summed E-state index contributed by atoms with van der Waals surface area (Å²) in [5, 5.41) is 0.855. The molecule has 1 heterocycles. The molecule has 0 saturated heterocycles. The molecule has 0 saturated carbocycles. The molecule has 1 aromatic rings. The van der Waals surface area contributed by atoms with Crippen LogP contribution in [0.25, 0.3) is 0 Å². The van der Waals surface area contributed by atoms with Crippen LogP contribution >= 0.6 is 11.3 Å². The highest BCUT2D eigenvalue weighted by Crippen LogP contribution is 2.21. The highest BCUT2D eigenvalue weighted by atomic mass is 32.1. The fourth-order valence-corrected chi connectivity index (χ4v) is 1.61. The molecule has 0 aliphatic carbocycles. The van der Waals surface area contributed by atoms with E-state index < -0.39 is 5.97 Å². The SMILES string of the molecule is CCc1nc(N)c(C(=O)OC)s1. The number of nitrogen functional groups attached to an aromatic ring is 1. The summed E-state index contributed by atoms with van der Waals surface area (Å²) in [6.07, 6.45) is 0.784. The van der Waals surface area contributed by atoms with Gasteiger partial charge in [-0.2, -0.15) is 0 Å². The van der Waals surface area contributed by atoms with Gasteiger partial charge >= 0.3 is 5.97 Å². The molecule has 5 heteroatoms. The Bertz CT molecular complexity index is 296. The van der Waals surface area contributed by atoms with Gasteiger partial charge in [0, 0.05) is 0 Å². The number of rotatable bonds is 2. The zero-order valence-electron chi connectivity index (χ0n) is 6.96. The lowest BCUT2D eigenvalue weighted by Crippen LogP contribution is -2.01. The fraction of sp³-hybridized carbons (Fsp3) is 0.429. The van der Waals surface area contributed by atoms with Gasteiger partial charge in [-0.3, -0.25) is 0 Å². The molecule has 12 heavy (non-hydrogen) atoms. The Morgan fingerprint density at radius 2 is 2.42 bits per heavy atom. The number of aromatic nitrogens is 1. The van der Waals surface area contributed by atoms with Gasteiger partial charge in [-0.25, -0.2) is 9.78 Å². The largest absolute Gasteiger partial charge is 0.465 e. The van der Waals surface area contributed by atoms with Crippen molar-refractivity contribution >= 4 is 23.1 Å². The molecule has 4 nitrogen and oxygen atoms in total. The molecule has 0 aromatic carbocycles. The second-order valence-electron chi connectivity index (χ2n) is 2.17. The number of nitrogens with zero attached hydrogens (tertiary/aromatic N) is 1. The topological polar surface area (TPSA) is 65.2 Å². The van der Waals surface area contributed by atoms with Crippen LogP contribution in [-0.4, -0.2) is 18.1 Å². The molecular weight excluding hydrogens is 176 g/mol. The van der Waals surface area contributed by atoms with Crippen LogP contribution in [0.1, 0.15) is 21.6 Å². The summed E-state index contributed by atoms with van der Waals surface area (Å²) in [7, 11) is 1.33. The lowest BCUT2D eigenvalue weighted by atomic mass is 10.5. The molecule has 0 bridgehead atoms. The van der Waals surface area contributed by atoms with E-state index in [1.165, 1.54) is 18.4 Å². The maximum Gasteiger partial charge on any atom is 0.351 e. The van der Waals surface area contributed by atoms with Crippen molar-refractivity contribution in [2.75, 3.05) is 12.8 Å². The summed E-state index contributed by atoms with van der Waals surface area (Å²) in [5.41, 5.74) is 5.49. The predicted molar refractivity (Wildman–Crippen MR) is 47.2 cm³/mol. The highest BCUT2D eigenvalue weighted by Gasteiger charge is 2.15. The van der Waals surface area contributed by atoms with E-state index in [1.807, 2.05) is 6.92 Å². The minimum atomic E-state index is -0.412. The first-order chi connectivity index (χ1) is 5.69. The molecule has 1 aromatic heterocycles. The van der Waals surface area contributed by atoms with Crippen LogP contribution in [0.2, 0.25) is 0 Å². The van der Waals surface area contributed by atoms with E-state index in [-0.39, 0.29) is 5.82 Å². The van der Waals surface area contributed by atoms with Crippen LogP contribution in [-0.2, 0) is 11.2 Å². The molecule has 0 atom stereocenters. The van der Waals surface area contributed by atoms with E-state index in [9.17, 15) is 4.79 Å². The van der Waals surface area contributed by atoms with E-state index in [0.717, 1.165) is 11.4 Å². The summed E-state index contributed by atoms with van der Waals surface area (Å²) >= 11 is 1.28. The average molecular weight is 186 g/mol. The summed E-state index contributed by atoms with van der Waals surface area (Å²) in [5.74, 6) is -0.145. The van der Waals surface area contributed by atoms with Crippen LogP contribution in [0, 0.1) is 0 Å². The van der Waals surface area contributed by atoms with Crippen molar-refractivity contribution in [2.24, 2.45) is 0 Å². The van der Waals surface area contributed by atoms with Crippen LogP contribution < -0.4 is 5.73 Å². The van der Waals surface area contributed by atoms with Crippen molar-refractivity contribution in [3.8, 4) is 0 Å². The number of thiazole rings is 1. The number of ether oxygens (including phenoxy) is 1. The molecule has 66 valence electrons. The van der Waals surface area contributed by atoms with E-state index in [0.29, 0.717) is 4.88 Å². The lowest BCUT2D eigenvalue weighted by Gasteiger charge is -1.92. The van der Waals surface area contributed by atoms with Crippen molar-refractivity contribution in [3.63, 3.8) is 0 Å². The van der Waals surface area contributed by atoms with E-state index >= 15 is 0 Å². The monoisotopic (exact) mass is 186 g/mol. The van der Waals surface area contributed by atoms with Crippen molar-refractivity contribution in [1.29, 1.82) is 0 Å². The molecule has 0 amide bonds. The Kier molecular flexibility index (Phi) is 2.65. The molecule has 0 aliphatic rings. The molecule has 0 fully saturated rings. The minimum absolute atomic E-state index is 0.267. The third-order valence-electron chi connectivity index (χ3n) is 1.37. The van der Waals surface area contributed by atoms with Gasteiger partial charge in [0.25, 0.3) is 0 Å². The van der Waals surface area contributed by atoms with Crippen LogP contribution in [0.15, 0.2) is 0 Å². The number of carbonyl (C=O) groups is 1. The zero-order valence-corrected chi connectivity index (χ0v) is 7.77. The number of aryl methyl sites for hydroxylation is 1. The van der Waals surface area contributed by atoms with Gasteiger partial charge in [0.15, 0.2) is 4.88 Å². The van der Waals surface area contributed by atoms with Crippen molar-refractivity contribution in [3.05, 3.63) is 9.88 Å². The number of anilines is 1. The maximum atomic E-state index is 11.0. The minimum Gasteiger partial charge on any atom is -0.465 e. The first-order valence-electron chi connectivity index (χ1n) is 3.52. The molecule has 1 rings (SSSR count). The Morgan fingerprint density at radius 3 is 2.83 bits per heavy atom. The summed E-state index contributed by atoms with van der Waals surface area (Å²) in [4.78, 5) is 15.4. The van der Waals surface area contributed by atoms with Gasteiger partial charge in [0.05, 0.1) is 12.1 Å². The van der Waals surface area contributed by atoms with Gasteiger partial charge in [-0.05, 0) is 6.42 Å². The number of nitrogens with two attached hydrogens (primary N) is 1. The smallest absolute Gasteiger partial charge is 0.351 e. The zero-order chi connectivity index (χ0) is 9.14. The Balaban J connectivity index is 2.99. The normalized spacial score (nSPS) is 9.83. The summed E-state index contributed by atoms with van der Waals surface area (Å²) < 4.78 is 4.53. The van der Waals surface area contributed by atoms with Crippen molar-refractivity contribution < 1.29 is 9.53 Å². The number of hydrogen-bond donors (Lipinski definition) is 1.